The van der Waals surface area contributed by atoms with Gasteiger partial charge in [0.15, 0.2) is 0 Å². The van der Waals surface area contributed by atoms with Crippen LogP contribution in [0.4, 0.5) is 10.1 Å². The van der Waals surface area contributed by atoms with Crippen LogP contribution in [0.5, 0.6) is 0 Å². The molecule has 0 unspecified atom stereocenters. The Morgan fingerprint density at radius 3 is 2.80 bits per heavy atom. The lowest BCUT2D eigenvalue weighted by Crippen LogP contribution is -2.40. The standard InChI is InChI=1S/C23H23FN4OS/c24-17-3-1-2-4-18(17)26-14-23(29)9-7-15(8-10-23)21-27-19-6-5-16(13-20(19)28-21)22-25-11-12-30-22/h1-6,11-13,15,26,29H,7-10,14H2,(H,27,28). The number of H-pyrrole nitrogens is 1. The topological polar surface area (TPSA) is 73.8 Å². The predicted octanol–water partition coefficient (Wildman–Crippen LogP) is 5.33. The molecule has 0 bridgehead atoms. The van der Waals surface area contributed by atoms with Crippen molar-refractivity contribution in [1.82, 2.24) is 15.0 Å². The number of benzene rings is 2. The van der Waals surface area contributed by atoms with Gasteiger partial charge in [-0.15, -0.1) is 11.3 Å². The van der Waals surface area contributed by atoms with Crippen molar-refractivity contribution in [1.29, 1.82) is 0 Å². The van der Waals surface area contributed by atoms with Crippen LogP contribution in [-0.4, -0.2) is 32.2 Å². The third kappa shape index (κ3) is 3.82. The van der Waals surface area contributed by atoms with E-state index in [0.717, 1.165) is 40.3 Å². The highest BCUT2D eigenvalue weighted by Crippen LogP contribution is 2.38. The lowest BCUT2D eigenvalue weighted by molar-refractivity contribution is 0.0109. The average Bonchev–Trinajstić information content (AvgIpc) is 3.43. The van der Waals surface area contributed by atoms with Crippen molar-refractivity contribution >= 4 is 28.1 Å². The third-order valence-corrected chi connectivity index (χ3v) is 6.79. The summed E-state index contributed by atoms with van der Waals surface area (Å²) in [5.41, 5.74) is 2.65. The van der Waals surface area contributed by atoms with Crippen LogP contribution in [0.15, 0.2) is 54.0 Å². The highest BCUT2D eigenvalue weighted by atomic mass is 32.1. The molecule has 0 radical (unpaired) electrons. The number of hydrogen-bond acceptors (Lipinski definition) is 5. The summed E-state index contributed by atoms with van der Waals surface area (Å²) in [6.45, 7) is 0.345. The van der Waals surface area contributed by atoms with Crippen LogP contribution in [0.1, 0.15) is 37.4 Å². The van der Waals surface area contributed by atoms with Gasteiger partial charge in [-0.25, -0.2) is 14.4 Å². The molecule has 2 aromatic carbocycles. The number of hydrogen-bond donors (Lipinski definition) is 3. The van der Waals surface area contributed by atoms with E-state index in [0.29, 0.717) is 25.1 Å². The number of imidazole rings is 1. The second kappa shape index (κ2) is 7.81. The number of halogens is 1. The van der Waals surface area contributed by atoms with Crippen LogP contribution >= 0.6 is 11.3 Å². The molecule has 0 aliphatic heterocycles. The number of nitrogens with zero attached hydrogens (tertiary/aromatic N) is 2. The van der Waals surface area contributed by atoms with Crippen LogP contribution in [0, 0.1) is 5.82 Å². The van der Waals surface area contributed by atoms with Crippen molar-refractivity contribution in [2.75, 3.05) is 11.9 Å². The zero-order valence-electron chi connectivity index (χ0n) is 16.4. The molecular weight excluding hydrogens is 399 g/mol. The molecule has 2 heterocycles. The van der Waals surface area contributed by atoms with Crippen LogP contribution in [-0.2, 0) is 0 Å². The molecule has 0 saturated heterocycles. The van der Waals surface area contributed by atoms with Crippen LogP contribution in [0.3, 0.4) is 0 Å². The molecule has 0 atom stereocenters. The maximum Gasteiger partial charge on any atom is 0.146 e. The zero-order valence-corrected chi connectivity index (χ0v) is 17.3. The summed E-state index contributed by atoms with van der Waals surface area (Å²) in [5.74, 6) is 0.967. The molecule has 1 aliphatic rings. The summed E-state index contributed by atoms with van der Waals surface area (Å²) in [7, 11) is 0. The Morgan fingerprint density at radius 1 is 1.20 bits per heavy atom. The average molecular weight is 423 g/mol. The number of aromatic nitrogens is 3. The molecule has 2 aromatic heterocycles. The van der Waals surface area contributed by atoms with E-state index >= 15 is 0 Å². The van der Waals surface area contributed by atoms with Crippen LogP contribution < -0.4 is 5.32 Å². The molecule has 4 aromatic rings. The number of aromatic amines is 1. The summed E-state index contributed by atoms with van der Waals surface area (Å²) >= 11 is 1.62. The molecule has 5 rings (SSSR count). The lowest BCUT2D eigenvalue weighted by atomic mass is 9.78. The van der Waals surface area contributed by atoms with Gasteiger partial charge in [-0.3, -0.25) is 0 Å². The van der Waals surface area contributed by atoms with E-state index in [9.17, 15) is 9.50 Å². The number of fused-ring (bicyclic) bond motifs is 1. The molecule has 7 heteroatoms. The molecule has 1 saturated carbocycles. The van der Waals surface area contributed by atoms with Crippen LogP contribution in [0.25, 0.3) is 21.6 Å². The highest BCUT2D eigenvalue weighted by molar-refractivity contribution is 7.13. The Labute approximate surface area is 178 Å². The fourth-order valence-electron chi connectivity index (χ4n) is 4.19. The van der Waals surface area contributed by atoms with Gasteiger partial charge in [-0.05, 0) is 56.0 Å². The summed E-state index contributed by atoms with van der Waals surface area (Å²) in [4.78, 5) is 12.6. The largest absolute Gasteiger partial charge is 0.388 e. The fourth-order valence-corrected chi connectivity index (χ4v) is 4.83. The van der Waals surface area contributed by atoms with E-state index in [1.807, 2.05) is 17.6 Å². The van der Waals surface area contributed by atoms with Crippen molar-refractivity contribution in [3.63, 3.8) is 0 Å². The molecule has 3 N–H and O–H groups in total. The van der Waals surface area contributed by atoms with Crippen LogP contribution in [0.2, 0.25) is 0 Å². The van der Waals surface area contributed by atoms with Crippen molar-refractivity contribution in [3.05, 3.63) is 65.7 Å². The minimum Gasteiger partial charge on any atom is -0.388 e. The zero-order chi connectivity index (χ0) is 20.6. The number of aliphatic hydroxyl groups is 1. The van der Waals surface area contributed by atoms with Gasteiger partial charge < -0.3 is 15.4 Å². The Bertz CT molecular complexity index is 1150. The molecule has 154 valence electrons. The van der Waals surface area contributed by atoms with E-state index in [-0.39, 0.29) is 11.7 Å². The lowest BCUT2D eigenvalue weighted by Gasteiger charge is -2.35. The van der Waals surface area contributed by atoms with Gasteiger partial charge in [-0.2, -0.15) is 0 Å². The second-order valence-electron chi connectivity index (χ2n) is 8.02. The smallest absolute Gasteiger partial charge is 0.146 e. The minimum atomic E-state index is -0.831. The summed E-state index contributed by atoms with van der Waals surface area (Å²) in [6.07, 6.45) is 4.80. The number of anilines is 1. The molecule has 30 heavy (non-hydrogen) atoms. The van der Waals surface area contributed by atoms with Gasteiger partial charge in [0.2, 0.25) is 0 Å². The summed E-state index contributed by atoms with van der Waals surface area (Å²) < 4.78 is 13.8. The maximum atomic E-state index is 13.8. The predicted molar refractivity (Wildman–Crippen MR) is 118 cm³/mol. The van der Waals surface area contributed by atoms with Crippen molar-refractivity contribution in [2.45, 2.75) is 37.2 Å². The normalized spacial score (nSPS) is 21.7. The van der Waals surface area contributed by atoms with E-state index in [1.54, 1.807) is 29.5 Å². The monoisotopic (exact) mass is 422 g/mol. The maximum absolute atomic E-state index is 13.8. The van der Waals surface area contributed by atoms with Gasteiger partial charge in [-0.1, -0.05) is 12.1 Å². The summed E-state index contributed by atoms with van der Waals surface area (Å²) in [5, 5.41) is 17.0. The number of para-hydroxylation sites is 1. The molecular formula is C23H23FN4OS. The number of rotatable bonds is 5. The first-order chi connectivity index (χ1) is 14.6. The fraction of sp³-hybridized carbons (Fsp3) is 0.304. The van der Waals surface area contributed by atoms with Gasteiger partial charge in [0.25, 0.3) is 0 Å². The highest BCUT2D eigenvalue weighted by Gasteiger charge is 2.34. The first-order valence-electron chi connectivity index (χ1n) is 10.2. The first kappa shape index (κ1) is 19.2. The Balaban J connectivity index is 1.26. The molecule has 1 aliphatic carbocycles. The van der Waals surface area contributed by atoms with Gasteiger partial charge in [0.1, 0.15) is 16.6 Å². The number of thiazole rings is 1. The van der Waals surface area contributed by atoms with Crippen molar-refractivity contribution in [2.24, 2.45) is 0 Å². The Kier molecular flexibility index (Phi) is 5.00. The number of nitrogens with one attached hydrogen (secondary N) is 2. The van der Waals surface area contributed by atoms with E-state index in [1.165, 1.54) is 6.07 Å². The SMILES string of the molecule is OC1(CNc2ccccc2F)CCC(c2nc3ccc(-c4nccs4)cc3[nH]2)CC1. The quantitative estimate of drug-likeness (QED) is 0.407. The van der Waals surface area contributed by atoms with E-state index in [2.05, 4.69) is 27.4 Å². The Morgan fingerprint density at radius 2 is 2.03 bits per heavy atom. The Hall–Kier alpha value is -2.77. The molecule has 0 amide bonds. The van der Waals surface area contributed by atoms with Gasteiger partial charge in [0.05, 0.1) is 22.3 Å². The van der Waals surface area contributed by atoms with Gasteiger partial charge >= 0.3 is 0 Å². The molecule has 1 fully saturated rings. The third-order valence-electron chi connectivity index (χ3n) is 5.96. The summed E-state index contributed by atoms with van der Waals surface area (Å²) in [6, 6.07) is 12.7. The van der Waals surface area contributed by atoms with Crippen molar-refractivity contribution < 1.29 is 9.50 Å². The van der Waals surface area contributed by atoms with E-state index < -0.39 is 5.60 Å². The minimum absolute atomic E-state index is 0.287. The first-order valence-corrected chi connectivity index (χ1v) is 11.1. The van der Waals surface area contributed by atoms with Crippen molar-refractivity contribution in [3.8, 4) is 10.6 Å². The second-order valence-corrected chi connectivity index (χ2v) is 8.92. The van der Waals surface area contributed by atoms with E-state index in [4.69, 9.17) is 4.98 Å². The van der Waals surface area contributed by atoms with Gasteiger partial charge in [0, 0.05) is 29.6 Å². The molecule has 5 nitrogen and oxygen atoms in total. The molecule has 0 spiro atoms.